The van der Waals surface area contributed by atoms with Gasteiger partial charge in [0, 0.05) is 11.1 Å². The third-order valence-corrected chi connectivity index (χ3v) is 6.02. The molecule has 0 unspecified atom stereocenters. The van der Waals surface area contributed by atoms with E-state index in [-0.39, 0.29) is 22.5 Å². The van der Waals surface area contributed by atoms with Crippen LogP contribution in [-0.4, -0.2) is 26.5 Å². The standard InChI is InChI=1S/C24H25ClN2O5S/c1-16(2)26-24(28)17(3)31-20-10-12-21(13-11-20)33(29,30)27-22-15-18(25)9-14-23(22)32-19-7-5-4-6-8-19/h4-17,27H,1-3H3,(H,26,28)/t17-/m0/s1. The van der Waals surface area contributed by atoms with Crippen molar-refractivity contribution >= 4 is 33.2 Å². The molecule has 0 saturated carbocycles. The predicted molar refractivity (Wildman–Crippen MR) is 129 cm³/mol. The van der Waals surface area contributed by atoms with Gasteiger partial charge in [-0.2, -0.15) is 0 Å². The van der Waals surface area contributed by atoms with Gasteiger partial charge in [0.25, 0.3) is 15.9 Å². The molecule has 0 radical (unpaired) electrons. The minimum Gasteiger partial charge on any atom is -0.481 e. The average Bonchev–Trinajstić information content (AvgIpc) is 2.76. The number of nitrogens with one attached hydrogen (secondary N) is 2. The Morgan fingerprint density at radius 1 is 0.909 bits per heavy atom. The normalized spacial score (nSPS) is 12.2. The van der Waals surface area contributed by atoms with Gasteiger partial charge in [-0.1, -0.05) is 29.8 Å². The lowest BCUT2D eigenvalue weighted by Crippen LogP contribution is -2.40. The van der Waals surface area contributed by atoms with Gasteiger partial charge in [0.2, 0.25) is 0 Å². The lowest BCUT2D eigenvalue weighted by Gasteiger charge is -2.17. The molecule has 174 valence electrons. The molecule has 0 aromatic heterocycles. The van der Waals surface area contributed by atoms with E-state index in [0.717, 1.165) is 0 Å². The Bertz CT molecular complexity index is 1200. The second kappa shape index (κ2) is 10.6. The number of carbonyl (C=O) groups excluding carboxylic acids is 1. The smallest absolute Gasteiger partial charge is 0.262 e. The van der Waals surface area contributed by atoms with Crippen LogP contribution in [0.5, 0.6) is 17.2 Å². The fourth-order valence-corrected chi connectivity index (χ4v) is 4.08. The van der Waals surface area contributed by atoms with E-state index in [9.17, 15) is 13.2 Å². The molecule has 7 nitrogen and oxygen atoms in total. The summed E-state index contributed by atoms with van der Waals surface area (Å²) in [4.78, 5) is 12.0. The van der Waals surface area contributed by atoms with E-state index in [0.29, 0.717) is 22.3 Å². The molecule has 0 spiro atoms. The molecule has 0 bridgehead atoms. The molecular weight excluding hydrogens is 464 g/mol. The summed E-state index contributed by atoms with van der Waals surface area (Å²) < 4.78 is 39.9. The maximum atomic E-state index is 13.0. The Morgan fingerprint density at radius 2 is 1.58 bits per heavy atom. The third-order valence-electron chi connectivity index (χ3n) is 4.40. The number of carbonyl (C=O) groups is 1. The Hall–Kier alpha value is -3.23. The van der Waals surface area contributed by atoms with Crippen LogP contribution < -0.4 is 19.5 Å². The van der Waals surface area contributed by atoms with Gasteiger partial charge in [-0.05, 0) is 75.4 Å². The van der Waals surface area contributed by atoms with Crippen LogP contribution in [0.4, 0.5) is 5.69 Å². The van der Waals surface area contributed by atoms with Crippen LogP contribution in [0.3, 0.4) is 0 Å². The summed E-state index contributed by atoms with van der Waals surface area (Å²) in [5, 5.41) is 3.11. The van der Waals surface area contributed by atoms with E-state index in [1.54, 1.807) is 31.2 Å². The molecule has 1 amide bonds. The number of hydrogen-bond donors (Lipinski definition) is 2. The van der Waals surface area contributed by atoms with Crippen molar-refractivity contribution < 1.29 is 22.7 Å². The first kappa shape index (κ1) is 24.4. The highest BCUT2D eigenvalue weighted by Gasteiger charge is 2.19. The van der Waals surface area contributed by atoms with Gasteiger partial charge in [0.1, 0.15) is 11.5 Å². The van der Waals surface area contributed by atoms with Crippen LogP contribution in [0.2, 0.25) is 5.02 Å². The van der Waals surface area contributed by atoms with Crippen molar-refractivity contribution in [3.05, 3.63) is 77.8 Å². The van der Waals surface area contributed by atoms with Crippen molar-refractivity contribution in [2.24, 2.45) is 0 Å². The molecule has 0 fully saturated rings. The summed E-state index contributed by atoms with van der Waals surface area (Å²) in [6.45, 7) is 5.33. The molecule has 0 saturated heterocycles. The summed E-state index contributed by atoms with van der Waals surface area (Å²) in [5.74, 6) is 0.975. The zero-order valence-electron chi connectivity index (χ0n) is 18.4. The van der Waals surface area contributed by atoms with E-state index in [4.69, 9.17) is 21.1 Å². The number of hydrogen-bond acceptors (Lipinski definition) is 5. The molecular formula is C24H25ClN2O5S. The summed E-state index contributed by atoms with van der Waals surface area (Å²) in [6, 6.07) is 19.4. The van der Waals surface area contributed by atoms with E-state index in [1.165, 1.54) is 30.3 Å². The SMILES string of the molecule is CC(C)NC(=O)[C@H](C)Oc1ccc(S(=O)(=O)Nc2cc(Cl)ccc2Oc2ccccc2)cc1. The van der Waals surface area contributed by atoms with E-state index in [1.807, 2.05) is 32.0 Å². The van der Waals surface area contributed by atoms with Gasteiger partial charge in [0.05, 0.1) is 10.6 Å². The fourth-order valence-electron chi connectivity index (χ4n) is 2.85. The molecule has 2 N–H and O–H groups in total. The first-order valence-electron chi connectivity index (χ1n) is 10.3. The molecule has 3 rings (SSSR count). The summed E-state index contributed by atoms with van der Waals surface area (Å²) >= 11 is 6.08. The highest BCUT2D eigenvalue weighted by atomic mass is 35.5. The lowest BCUT2D eigenvalue weighted by atomic mass is 10.3. The van der Waals surface area contributed by atoms with Crippen molar-refractivity contribution in [3.8, 4) is 17.2 Å². The topological polar surface area (TPSA) is 93.7 Å². The number of anilines is 1. The third kappa shape index (κ3) is 6.87. The van der Waals surface area contributed by atoms with Gasteiger partial charge in [-0.3, -0.25) is 9.52 Å². The minimum absolute atomic E-state index is 0.00982. The van der Waals surface area contributed by atoms with E-state index < -0.39 is 16.1 Å². The van der Waals surface area contributed by atoms with E-state index in [2.05, 4.69) is 10.0 Å². The number of halogens is 1. The highest BCUT2D eigenvalue weighted by molar-refractivity contribution is 7.92. The first-order valence-corrected chi connectivity index (χ1v) is 12.1. The molecule has 0 aliphatic carbocycles. The van der Waals surface area contributed by atoms with Crippen LogP contribution >= 0.6 is 11.6 Å². The highest BCUT2D eigenvalue weighted by Crippen LogP contribution is 2.33. The largest absolute Gasteiger partial charge is 0.481 e. The fraction of sp³-hybridized carbons (Fsp3) is 0.208. The second-order valence-electron chi connectivity index (χ2n) is 7.56. The summed E-state index contributed by atoms with van der Waals surface area (Å²) in [6.07, 6.45) is -0.725. The number of para-hydroxylation sites is 1. The maximum absolute atomic E-state index is 13.0. The van der Waals surface area contributed by atoms with Gasteiger partial charge in [-0.25, -0.2) is 8.42 Å². The van der Waals surface area contributed by atoms with Crippen molar-refractivity contribution in [1.82, 2.24) is 5.32 Å². The monoisotopic (exact) mass is 488 g/mol. The molecule has 3 aromatic rings. The maximum Gasteiger partial charge on any atom is 0.262 e. The van der Waals surface area contributed by atoms with Crippen LogP contribution in [-0.2, 0) is 14.8 Å². The van der Waals surface area contributed by atoms with Gasteiger partial charge in [0.15, 0.2) is 11.9 Å². The van der Waals surface area contributed by atoms with Crippen LogP contribution in [0.15, 0.2) is 77.7 Å². The van der Waals surface area contributed by atoms with Crippen molar-refractivity contribution in [2.45, 2.75) is 37.8 Å². The first-order chi connectivity index (χ1) is 15.6. The minimum atomic E-state index is -3.95. The average molecular weight is 489 g/mol. The second-order valence-corrected chi connectivity index (χ2v) is 9.67. The van der Waals surface area contributed by atoms with Crippen molar-refractivity contribution in [2.75, 3.05) is 4.72 Å². The quantitative estimate of drug-likeness (QED) is 0.430. The predicted octanol–water partition coefficient (Wildman–Crippen LogP) is 5.23. The number of rotatable bonds is 9. The van der Waals surface area contributed by atoms with Crippen LogP contribution in [0.25, 0.3) is 0 Å². The molecule has 0 aliphatic rings. The number of sulfonamides is 1. The molecule has 9 heteroatoms. The number of ether oxygens (including phenoxy) is 2. The van der Waals surface area contributed by atoms with Gasteiger partial charge in [-0.15, -0.1) is 0 Å². The summed E-state index contributed by atoms with van der Waals surface area (Å²) in [5.41, 5.74) is 0.200. The summed E-state index contributed by atoms with van der Waals surface area (Å²) in [7, 11) is -3.95. The molecule has 33 heavy (non-hydrogen) atoms. The van der Waals surface area contributed by atoms with E-state index >= 15 is 0 Å². The van der Waals surface area contributed by atoms with Crippen LogP contribution in [0, 0.1) is 0 Å². The van der Waals surface area contributed by atoms with Gasteiger partial charge >= 0.3 is 0 Å². The number of benzene rings is 3. The zero-order valence-corrected chi connectivity index (χ0v) is 20.0. The molecule has 0 aliphatic heterocycles. The number of amides is 1. The molecule has 1 atom stereocenters. The Balaban J connectivity index is 1.76. The zero-order chi connectivity index (χ0) is 24.0. The molecule has 3 aromatic carbocycles. The van der Waals surface area contributed by atoms with Crippen molar-refractivity contribution in [3.63, 3.8) is 0 Å². The Morgan fingerprint density at radius 3 is 2.21 bits per heavy atom. The Kier molecular flexibility index (Phi) is 7.84. The Labute approximate surface area is 198 Å². The van der Waals surface area contributed by atoms with Crippen molar-refractivity contribution in [1.29, 1.82) is 0 Å². The van der Waals surface area contributed by atoms with Crippen LogP contribution in [0.1, 0.15) is 20.8 Å². The van der Waals surface area contributed by atoms with Gasteiger partial charge < -0.3 is 14.8 Å². The lowest BCUT2D eigenvalue weighted by molar-refractivity contribution is -0.127. The molecule has 0 heterocycles.